The molecule has 1 fully saturated rings. The Labute approximate surface area is 111 Å². The number of ether oxygens (including phenoxy) is 1. The molecule has 1 heterocycles. The van der Waals surface area contributed by atoms with E-state index in [0.29, 0.717) is 6.04 Å². The van der Waals surface area contributed by atoms with Crippen LogP contribution in [-0.4, -0.2) is 26.3 Å². The van der Waals surface area contributed by atoms with Crippen LogP contribution in [0.5, 0.6) is 0 Å². The van der Waals surface area contributed by atoms with E-state index in [1.54, 1.807) is 0 Å². The van der Waals surface area contributed by atoms with E-state index in [-0.39, 0.29) is 0 Å². The number of nitrogens with one attached hydrogen (secondary N) is 1. The number of likely N-dealkylation sites (N-methyl/N-ethyl adjacent to an activating group) is 1. The summed E-state index contributed by atoms with van der Waals surface area (Å²) in [4.78, 5) is 0. The second-order valence-electron chi connectivity index (χ2n) is 5.65. The Bertz CT molecular complexity index is 362. The van der Waals surface area contributed by atoms with Crippen LogP contribution in [-0.2, 0) is 11.2 Å². The first-order valence-corrected chi connectivity index (χ1v) is 6.99. The van der Waals surface area contributed by atoms with Gasteiger partial charge in [-0.25, -0.2) is 0 Å². The lowest BCUT2D eigenvalue weighted by atomic mass is 9.93. The third kappa shape index (κ3) is 3.82. The van der Waals surface area contributed by atoms with Crippen molar-refractivity contribution in [1.29, 1.82) is 0 Å². The molecule has 2 heteroatoms. The SMILES string of the molecule is CNC(Cc1cc(C)cc(C)c1)CC1CCOC1. The summed E-state index contributed by atoms with van der Waals surface area (Å²) in [5.74, 6) is 0.744. The van der Waals surface area contributed by atoms with Crippen LogP contribution >= 0.6 is 0 Å². The largest absolute Gasteiger partial charge is 0.381 e. The molecule has 0 saturated carbocycles. The van der Waals surface area contributed by atoms with Crippen LogP contribution in [0, 0.1) is 19.8 Å². The maximum atomic E-state index is 5.46. The van der Waals surface area contributed by atoms with Gasteiger partial charge in [0, 0.05) is 19.3 Å². The number of hydrogen-bond acceptors (Lipinski definition) is 2. The Morgan fingerprint density at radius 1 is 1.28 bits per heavy atom. The number of rotatable bonds is 5. The Morgan fingerprint density at radius 2 is 2.00 bits per heavy atom. The van der Waals surface area contributed by atoms with Crippen molar-refractivity contribution in [2.24, 2.45) is 5.92 Å². The quantitative estimate of drug-likeness (QED) is 0.864. The summed E-state index contributed by atoms with van der Waals surface area (Å²) in [5, 5.41) is 3.46. The fraction of sp³-hybridized carbons (Fsp3) is 0.625. The molecule has 1 saturated heterocycles. The predicted octanol–water partition coefficient (Wildman–Crippen LogP) is 2.86. The maximum Gasteiger partial charge on any atom is 0.0495 e. The van der Waals surface area contributed by atoms with Crippen LogP contribution in [0.1, 0.15) is 29.5 Å². The Morgan fingerprint density at radius 3 is 2.56 bits per heavy atom. The van der Waals surface area contributed by atoms with E-state index >= 15 is 0 Å². The highest BCUT2D eigenvalue weighted by molar-refractivity contribution is 5.29. The van der Waals surface area contributed by atoms with E-state index in [4.69, 9.17) is 4.74 Å². The van der Waals surface area contributed by atoms with Crippen molar-refractivity contribution in [2.45, 2.75) is 39.2 Å². The van der Waals surface area contributed by atoms with Crippen LogP contribution in [0.2, 0.25) is 0 Å². The van der Waals surface area contributed by atoms with Gasteiger partial charge in [0.15, 0.2) is 0 Å². The zero-order chi connectivity index (χ0) is 13.0. The number of aryl methyl sites for hydroxylation is 2. The second-order valence-corrected chi connectivity index (χ2v) is 5.65. The number of benzene rings is 1. The first-order valence-electron chi connectivity index (χ1n) is 6.99. The molecule has 0 spiro atoms. The molecule has 2 unspecified atom stereocenters. The molecule has 0 amide bonds. The Balaban J connectivity index is 1.95. The van der Waals surface area contributed by atoms with E-state index in [2.05, 4.69) is 44.4 Å². The summed E-state index contributed by atoms with van der Waals surface area (Å²) in [6.45, 7) is 6.25. The molecule has 1 aliphatic heterocycles. The summed E-state index contributed by atoms with van der Waals surface area (Å²) in [7, 11) is 2.07. The van der Waals surface area contributed by atoms with E-state index < -0.39 is 0 Å². The van der Waals surface area contributed by atoms with Crippen LogP contribution in [0.3, 0.4) is 0 Å². The maximum absolute atomic E-state index is 5.46. The zero-order valence-corrected chi connectivity index (χ0v) is 11.8. The molecule has 1 N–H and O–H groups in total. The summed E-state index contributed by atoms with van der Waals surface area (Å²) in [5.41, 5.74) is 4.18. The van der Waals surface area contributed by atoms with Gasteiger partial charge in [0.05, 0.1) is 0 Å². The second kappa shape index (κ2) is 6.35. The normalized spacial score (nSPS) is 21.2. The van der Waals surface area contributed by atoms with Crippen LogP contribution in [0.4, 0.5) is 0 Å². The third-order valence-corrected chi connectivity index (χ3v) is 3.81. The predicted molar refractivity (Wildman–Crippen MR) is 76.0 cm³/mol. The minimum absolute atomic E-state index is 0.568. The van der Waals surface area contributed by atoms with E-state index in [1.165, 1.54) is 29.5 Å². The van der Waals surface area contributed by atoms with E-state index in [0.717, 1.165) is 25.6 Å². The average molecular weight is 247 g/mol. The lowest BCUT2D eigenvalue weighted by Crippen LogP contribution is -2.30. The first kappa shape index (κ1) is 13.6. The van der Waals surface area contributed by atoms with E-state index in [9.17, 15) is 0 Å². The number of hydrogen-bond donors (Lipinski definition) is 1. The van der Waals surface area contributed by atoms with Crippen LogP contribution in [0.25, 0.3) is 0 Å². The molecule has 1 aromatic rings. The zero-order valence-electron chi connectivity index (χ0n) is 11.8. The van der Waals surface area contributed by atoms with Gasteiger partial charge < -0.3 is 10.1 Å². The molecular weight excluding hydrogens is 222 g/mol. The summed E-state index contributed by atoms with van der Waals surface area (Å²) < 4.78 is 5.46. The minimum Gasteiger partial charge on any atom is -0.381 e. The lowest BCUT2D eigenvalue weighted by Gasteiger charge is -2.20. The van der Waals surface area contributed by atoms with Crippen molar-refractivity contribution in [1.82, 2.24) is 5.32 Å². The van der Waals surface area contributed by atoms with Gasteiger partial charge in [-0.2, -0.15) is 0 Å². The standard InChI is InChI=1S/C16H25NO/c1-12-6-13(2)8-15(7-12)10-16(17-3)9-14-4-5-18-11-14/h6-8,14,16-17H,4-5,9-11H2,1-3H3. The smallest absolute Gasteiger partial charge is 0.0495 e. The van der Waals surface area contributed by atoms with Gasteiger partial charge in [-0.1, -0.05) is 29.3 Å². The van der Waals surface area contributed by atoms with Gasteiger partial charge in [-0.15, -0.1) is 0 Å². The molecule has 2 nitrogen and oxygen atoms in total. The summed E-state index contributed by atoms with van der Waals surface area (Å²) in [6, 6.07) is 7.42. The molecule has 18 heavy (non-hydrogen) atoms. The summed E-state index contributed by atoms with van der Waals surface area (Å²) in [6.07, 6.45) is 3.57. The van der Waals surface area contributed by atoms with Gasteiger partial charge in [0.25, 0.3) is 0 Å². The Kier molecular flexibility index (Phi) is 4.79. The van der Waals surface area contributed by atoms with Gasteiger partial charge in [-0.3, -0.25) is 0 Å². The topological polar surface area (TPSA) is 21.3 Å². The lowest BCUT2D eigenvalue weighted by molar-refractivity contribution is 0.181. The molecule has 0 radical (unpaired) electrons. The first-order chi connectivity index (χ1) is 8.67. The fourth-order valence-electron chi connectivity index (χ4n) is 2.95. The van der Waals surface area contributed by atoms with Crippen molar-refractivity contribution in [3.63, 3.8) is 0 Å². The molecule has 0 bridgehead atoms. The fourth-order valence-corrected chi connectivity index (χ4v) is 2.95. The molecule has 2 atom stereocenters. The molecule has 1 aromatic carbocycles. The summed E-state index contributed by atoms with van der Waals surface area (Å²) >= 11 is 0. The highest BCUT2D eigenvalue weighted by atomic mass is 16.5. The molecule has 0 aromatic heterocycles. The van der Waals surface area contributed by atoms with Crippen molar-refractivity contribution in [2.75, 3.05) is 20.3 Å². The molecule has 1 aliphatic rings. The Hall–Kier alpha value is -0.860. The van der Waals surface area contributed by atoms with Gasteiger partial charge in [0.2, 0.25) is 0 Å². The van der Waals surface area contributed by atoms with Crippen LogP contribution < -0.4 is 5.32 Å². The average Bonchev–Trinajstić information content (AvgIpc) is 2.79. The van der Waals surface area contributed by atoms with Crippen molar-refractivity contribution < 1.29 is 4.74 Å². The minimum atomic E-state index is 0.568. The van der Waals surface area contributed by atoms with Crippen molar-refractivity contribution in [3.8, 4) is 0 Å². The van der Waals surface area contributed by atoms with Gasteiger partial charge in [-0.05, 0) is 51.6 Å². The third-order valence-electron chi connectivity index (χ3n) is 3.81. The van der Waals surface area contributed by atoms with Gasteiger partial charge in [0.1, 0.15) is 0 Å². The highest BCUT2D eigenvalue weighted by Crippen LogP contribution is 2.20. The van der Waals surface area contributed by atoms with Crippen molar-refractivity contribution >= 4 is 0 Å². The molecule has 0 aliphatic carbocycles. The molecular formula is C16H25NO. The monoisotopic (exact) mass is 247 g/mol. The van der Waals surface area contributed by atoms with Crippen molar-refractivity contribution in [3.05, 3.63) is 34.9 Å². The highest BCUT2D eigenvalue weighted by Gasteiger charge is 2.20. The molecule has 100 valence electrons. The van der Waals surface area contributed by atoms with Gasteiger partial charge >= 0.3 is 0 Å². The van der Waals surface area contributed by atoms with Crippen LogP contribution in [0.15, 0.2) is 18.2 Å². The molecule has 2 rings (SSSR count). The van der Waals surface area contributed by atoms with E-state index in [1.807, 2.05) is 0 Å².